The van der Waals surface area contributed by atoms with Gasteiger partial charge in [0, 0.05) is 34.3 Å². The Balaban J connectivity index is 2.17. The Hall–Kier alpha value is -2.87. The lowest BCUT2D eigenvalue weighted by atomic mass is 10.1. The van der Waals surface area contributed by atoms with Crippen LogP contribution in [-0.2, 0) is 9.53 Å². The summed E-state index contributed by atoms with van der Waals surface area (Å²) in [5.74, 6) is -1.28. The number of anilines is 1. The van der Waals surface area contributed by atoms with Gasteiger partial charge in [-0.2, -0.15) is 0 Å². The molecule has 0 bridgehead atoms. The summed E-state index contributed by atoms with van der Waals surface area (Å²) < 4.78 is 6.11. The molecule has 2 aromatic rings. The molecule has 8 nitrogen and oxygen atoms in total. The van der Waals surface area contributed by atoms with Gasteiger partial charge >= 0.3 is 5.97 Å². The number of rotatable bonds is 4. The second-order valence-corrected chi connectivity index (χ2v) is 6.87. The number of amides is 1. The molecule has 4 N–H and O–H groups in total. The Morgan fingerprint density at radius 2 is 2.04 bits per heavy atom. The Labute approximate surface area is 155 Å². The molecule has 1 aromatic heterocycles. The molecule has 0 radical (unpaired) electrons. The van der Waals surface area contributed by atoms with Crippen molar-refractivity contribution in [2.75, 3.05) is 11.0 Å². The molecule has 9 heteroatoms. The highest BCUT2D eigenvalue weighted by Gasteiger charge is 2.18. The van der Waals surface area contributed by atoms with Crippen LogP contribution in [0, 0.1) is 5.41 Å². The predicted molar refractivity (Wildman–Crippen MR) is 100 cm³/mol. The van der Waals surface area contributed by atoms with Crippen molar-refractivity contribution in [2.24, 2.45) is 5.73 Å². The van der Waals surface area contributed by atoms with Crippen molar-refractivity contribution in [2.45, 2.75) is 26.4 Å². The van der Waals surface area contributed by atoms with Crippen molar-refractivity contribution in [3.8, 4) is 0 Å². The quantitative estimate of drug-likeness (QED) is 0.325. The summed E-state index contributed by atoms with van der Waals surface area (Å²) in [4.78, 5) is 28.0. The summed E-state index contributed by atoms with van der Waals surface area (Å²) in [7, 11) is 0. The smallest absolute Gasteiger partial charge is 0.325 e. The van der Waals surface area contributed by atoms with Crippen molar-refractivity contribution in [1.29, 1.82) is 5.41 Å². The third-order valence-corrected chi connectivity index (χ3v) is 3.60. The summed E-state index contributed by atoms with van der Waals surface area (Å²) in [6.07, 6.45) is 3.04. The number of ether oxygens (including phenoxy) is 1. The van der Waals surface area contributed by atoms with Gasteiger partial charge in [0.05, 0.1) is 11.9 Å². The molecule has 0 aliphatic carbocycles. The number of esters is 1. The molecular formula is C17H20ClN5O3. The van der Waals surface area contributed by atoms with Crippen molar-refractivity contribution in [3.63, 3.8) is 0 Å². The molecule has 1 aromatic carbocycles. The first kappa shape index (κ1) is 19.5. The minimum atomic E-state index is -0.614. The Morgan fingerprint density at radius 3 is 2.65 bits per heavy atom. The number of carbonyl (C=O) groups excluding carboxylic acids is 2. The number of halogens is 1. The fourth-order valence-corrected chi connectivity index (χ4v) is 2.35. The zero-order valence-electron chi connectivity index (χ0n) is 14.7. The number of aromatic nitrogens is 1. The van der Waals surface area contributed by atoms with E-state index in [1.807, 2.05) is 0 Å². The first-order chi connectivity index (χ1) is 12.1. The standard InChI is InChI=1S/C17H20ClN5O3/c1-17(2,3)26-14(24)9-22-15(25)10-4-5-12-11(6-10)7-21-8-13(12)23(18)16(19)20/h4-8H,9H2,1-3H3,(H3,19,20)(H,22,25). The highest BCUT2D eigenvalue weighted by Crippen LogP contribution is 2.27. The molecule has 0 atom stereocenters. The molecule has 0 saturated heterocycles. The van der Waals surface area contributed by atoms with Gasteiger partial charge in [0.15, 0.2) is 0 Å². The topological polar surface area (TPSA) is 121 Å². The number of nitrogens with one attached hydrogen (secondary N) is 2. The van der Waals surface area contributed by atoms with Crippen molar-refractivity contribution in [1.82, 2.24) is 10.3 Å². The van der Waals surface area contributed by atoms with Gasteiger partial charge in [0.25, 0.3) is 5.91 Å². The number of fused-ring (bicyclic) bond motifs is 1. The fraction of sp³-hybridized carbons (Fsp3) is 0.294. The average molecular weight is 378 g/mol. The largest absolute Gasteiger partial charge is 0.459 e. The third-order valence-electron chi connectivity index (χ3n) is 3.24. The molecule has 0 aliphatic rings. The summed E-state index contributed by atoms with van der Waals surface area (Å²) in [6.45, 7) is 5.03. The average Bonchev–Trinajstić information content (AvgIpc) is 2.56. The predicted octanol–water partition coefficient (Wildman–Crippen LogP) is 2.16. The molecule has 138 valence electrons. The van der Waals surface area contributed by atoms with E-state index in [0.29, 0.717) is 22.0 Å². The molecule has 1 heterocycles. The second-order valence-electron chi connectivity index (χ2n) is 6.53. The molecule has 26 heavy (non-hydrogen) atoms. The molecule has 0 saturated carbocycles. The maximum absolute atomic E-state index is 12.3. The lowest BCUT2D eigenvalue weighted by Crippen LogP contribution is -2.34. The maximum atomic E-state index is 12.3. The van der Waals surface area contributed by atoms with Gasteiger partial charge in [-0.1, -0.05) is 6.07 Å². The van der Waals surface area contributed by atoms with E-state index in [1.165, 1.54) is 6.20 Å². The van der Waals surface area contributed by atoms with Gasteiger partial charge in [0.1, 0.15) is 12.1 Å². The SMILES string of the molecule is CC(C)(C)OC(=O)CNC(=O)c1ccc2c(N(Cl)C(=N)N)cncc2c1. The molecule has 0 spiro atoms. The molecule has 0 unspecified atom stereocenters. The number of hydrogen-bond acceptors (Lipinski definition) is 5. The van der Waals surface area contributed by atoms with Gasteiger partial charge in [0.2, 0.25) is 5.96 Å². The summed E-state index contributed by atoms with van der Waals surface area (Å²) in [6, 6.07) is 4.87. The highest BCUT2D eigenvalue weighted by atomic mass is 35.5. The number of carbonyl (C=O) groups is 2. The Bertz CT molecular complexity index is 863. The van der Waals surface area contributed by atoms with E-state index in [9.17, 15) is 9.59 Å². The van der Waals surface area contributed by atoms with Crippen LogP contribution in [0.2, 0.25) is 0 Å². The van der Waals surface area contributed by atoms with Crippen LogP contribution in [0.5, 0.6) is 0 Å². The number of nitrogens with two attached hydrogens (primary N) is 1. The van der Waals surface area contributed by atoms with E-state index in [2.05, 4.69) is 10.3 Å². The Morgan fingerprint density at radius 1 is 1.35 bits per heavy atom. The van der Waals surface area contributed by atoms with Crippen LogP contribution >= 0.6 is 11.8 Å². The number of guanidine groups is 1. The van der Waals surface area contributed by atoms with Crippen LogP contribution in [0.3, 0.4) is 0 Å². The van der Waals surface area contributed by atoms with Gasteiger partial charge in [-0.05, 0) is 32.9 Å². The minimum absolute atomic E-state index is 0.230. The van der Waals surface area contributed by atoms with E-state index >= 15 is 0 Å². The lowest BCUT2D eigenvalue weighted by Gasteiger charge is -2.19. The van der Waals surface area contributed by atoms with Crippen LogP contribution < -0.4 is 15.5 Å². The number of hydrogen-bond donors (Lipinski definition) is 3. The van der Waals surface area contributed by atoms with Gasteiger partial charge in [-0.3, -0.25) is 20.0 Å². The highest BCUT2D eigenvalue weighted by molar-refractivity contribution is 6.38. The van der Waals surface area contributed by atoms with Crippen molar-refractivity contribution in [3.05, 3.63) is 36.2 Å². The van der Waals surface area contributed by atoms with E-state index in [1.54, 1.807) is 45.2 Å². The molecule has 1 amide bonds. The molecule has 0 fully saturated rings. The van der Waals surface area contributed by atoms with Crippen molar-refractivity contribution < 1.29 is 14.3 Å². The summed E-state index contributed by atoms with van der Waals surface area (Å²) in [5, 5.41) is 11.2. The van der Waals surface area contributed by atoms with E-state index in [-0.39, 0.29) is 12.5 Å². The van der Waals surface area contributed by atoms with Crippen LogP contribution in [0.4, 0.5) is 5.69 Å². The maximum Gasteiger partial charge on any atom is 0.325 e. The van der Waals surface area contributed by atoms with Crippen LogP contribution in [0.1, 0.15) is 31.1 Å². The lowest BCUT2D eigenvalue weighted by molar-refractivity contribution is -0.153. The van der Waals surface area contributed by atoms with E-state index in [4.69, 9.17) is 27.7 Å². The second kappa shape index (κ2) is 7.57. The fourth-order valence-electron chi connectivity index (χ4n) is 2.22. The van der Waals surface area contributed by atoms with Crippen LogP contribution in [-0.4, -0.2) is 35.0 Å². The summed E-state index contributed by atoms with van der Waals surface area (Å²) >= 11 is 5.97. The zero-order chi connectivity index (χ0) is 19.5. The van der Waals surface area contributed by atoms with Crippen LogP contribution in [0.25, 0.3) is 10.8 Å². The molecule has 0 aliphatic heterocycles. The zero-order valence-corrected chi connectivity index (χ0v) is 15.4. The minimum Gasteiger partial charge on any atom is -0.459 e. The molecular weight excluding hydrogens is 358 g/mol. The van der Waals surface area contributed by atoms with Gasteiger partial charge in [-0.15, -0.1) is 0 Å². The first-order valence-electron chi connectivity index (χ1n) is 7.76. The number of nitrogens with zero attached hydrogens (tertiary/aromatic N) is 2. The number of pyridine rings is 1. The monoisotopic (exact) mass is 377 g/mol. The van der Waals surface area contributed by atoms with Crippen LogP contribution in [0.15, 0.2) is 30.6 Å². The Kier molecular flexibility index (Phi) is 5.66. The number of benzene rings is 1. The van der Waals surface area contributed by atoms with Gasteiger partial charge in [-0.25, -0.2) is 4.42 Å². The normalized spacial score (nSPS) is 11.1. The van der Waals surface area contributed by atoms with E-state index in [0.717, 1.165) is 4.42 Å². The third kappa shape index (κ3) is 4.82. The first-order valence-corrected chi connectivity index (χ1v) is 8.10. The van der Waals surface area contributed by atoms with Gasteiger partial charge < -0.3 is 15.8 Å². The van der Waals surface area contributed by atoms with E-state index < -0.39 is 17.5 Å². The van der Waals surface area contributed by atoms with Crippen molar-refractivity contribution >= 4 is 46.1 Å². The molecule has 2 rings (SSSR count). The summed E-state index contributed by atoms with van der Waals surface area (Å²) in [5.41, 5.74) is 5.56.